The minimum absolute atomic E-state index is 0.0764. The molecule has 18 heavy (non-hydrogen) atoms. The number of benzene rings is 1. The molecular weight excluding hydrogens is 306 g/mol. The Morgan fingerprint density at radius 3 is 2.89 bits per heavy atom. The van der Waals surface area contributed by atoms with Crippen LogP contribution in [-0.4, -0.2) is 16.2 Å². The summed E-state index contributed by atoms with van der Waals surface area (Å²) in [5, 5.41) is 0. The Morgan fingerprint density at radius 2 is 2.17 bits per heavy atom. The van der Waals surface area contributed by atoms with E-state index in [9.17, 15) is 8.78 Å². The van der Waals surface area contributed by atoms with Crippen molar-refractivity contribution in [3.8, 4) is 5.75 Å². The minimum atomic E-state index is -0.958. The van der Waals surface area contributed by atoms with E-state index in [2.05, 4.69) is 20.9 Å². The average Bonchev–Trinajstić information content (AvgIpc) is 2.83. The first-order chi connectivity index (χ1) is 8.66. The molecule has 0 radical (unpaired) electrons. The van der Waals surface area contributed by atoms with Crippen molar-refractivity contribution in [1.29, 1.82) is 0 Å². The summed E-state index contributed by atoms with van der Waals surface area (Å²) in [6.07, 6.45) is 5.90. The predicted molar refractivity (Wildman–Crippen MR) is 66.4 cm³/mol. The normalized spacial score (nSPS) is 10.6. The van der Waals surface area contributed by atoms with Crippen molar-refractivity contribution < 1.29 is 13.5 Å². The fourth-order valence-electron chi connectivity index (χ4n) is 1.49. The first-order valence-electron chi connectivity index (χ1n) is 5.40. The molecule has 2 rings (SSSR count). The maximum Gasteiger partial charge on any atom is 0.200 e. The zero-order valence-corrected chi connectivity index (χ0v) is 11.0. The monoisotopic (exact) mass is 316 g/mol. The smallest absolute Gasteiger partial charge is 0.200 e. The van der Waals surface area contributed by atoms with Crippen LogP contribution < -0.4 is 4.74 Å². The van der Waals surface area contributed by atoms with Gasteiger partial charge in [0.15, 0.2) is 11.6 Å². The summed E-state index contributed by atoms with van der Waals surface area (Å²) < 4.78 is 34.0. The summed E-state index contributed by atoms with van der Waals surface area (Å²) in [6.45, 7) is 1.03. The standard InChI is InChI=1S/C12H11BrF2N2O/c13-9-6-10(14)12(15)11(7-9)18-5-1-3-17-4-2-16-8-17/h2,4,6-8H,1,3,5H2. The van der Waals surface area contributed by atoms with Crippen molar-refractivity contribution in [1.82, 2.24) is 9.55 Å². The molecule has 0 unspecified atom stereocenters. The molecule has 0 aliphatic carbocycles. The molecular formula is C12H11BrF2N2O. The van der Waals surface area contributed by atoms with E-state index >= 15 is 0 Å². The van der Waals surface area contributed by atoms with Gasteiger partial charge in [-0.05, 0) is 18.6 Å². The molecule has 0 amide bonds. The second-order valence-corrected chi connectivity index (χ2v) is 4.62. The Bertz CT molecular complexity index is 517. The van der Waals surface area contributed by atoms with Gasteiger partial charge < -0.3 is 9.30 Å². The Kier molecular flexibility index (Phi) is 4.30. The molecule has 0 aliphatic heterocycles. The highest BCUT2D eigenvalue weighted by Crippen LogP contribution is 2.25. The molecule has 0 saturated carbocycles. The van der Waals surface area contributed by atoms with Gasteiger partial charge in [0.1, 0.15) is 0 Å². The summed E-state index contributed by atoms with van der Waals surface area (Å²) in [7, 11) is 0. The first kappa shape index (κ1) is 13.0. The fraction of sp³-hybridized carbons (Fsp3) is 0.250. The molecule has 0 aliphatic rings. The molecule has 96 valence electrons. The zero-order chi connectivity index (χ0) is 13.0. The molecule has 0 atom stereocenters. The molecule has 1 aromatic carbocycles. The van der Waals surface area contributed by atoms with Gasteiger partial charge in [-0.15, -0.1) is 0 Å². The van der Waals surface area contributed by atoms with Crippen LogP contribution in [0.4, 0.5) is 8.78 Å². The van der Waals surface area contributed by atoms with Crippen LogP contribution in [0.25, 0.3) is 0 Å². The van der Waals surface area contributed by atoms with Gasteiger partial charge >= 0.3 is 0 Å². The number of hydrogen-bond acceptors (Lipinski definition) is 2. The number of aryl methyl sites for hydroxylation is 1. The number of halogens is 3. The van der Waals surface area contributed by atoms with Gasteiger partial charge in [-0.2, -0.15) is 4.39 Å². The van der Waals surface area contributed by atoms with Crippen molar-refractivity contribution in [3.05, 3.63) is 47.0 Å². The maximum atomic E-state index is 13.3. The average molecular weight is 317 g/mol. The lowest BCUT2D eigenvalue weighted by atomic mass is 10.3. The third kappa shape index (κ3) is 3.29. The van der Waals surface area contributed by atoms with Gasteiger partial charge in [-0.3, -0.25) is 0 Å². The van der Waals surface area contributed by atoms with Crippen LogP contribution in [0.5, 0.6) is 5.75 Å². The van der Waals surface area contributed by atoms with E-state index in [1.165, 1.54) is 6.07 Å². The quantitative estimate of drug-likeness (QED) is 0.624. The van der Waals surface area contributed by atoms with Crippen molar-refractivity contribution in [2.75, 3.05) is 6.61 Å². The molecule has 2 aromatic rings. The lowest BCUT2D eigenvalue weighted by molar-refractivity contribution is 0.282. The van der Waals surface area contributed by atoms with Crippen LogP contribution in [0.15, 0.2) is 35.3 Å². The fourth-order valence-corrected chi connectivity index (χ4v) is 1.89. The Hall–Kier alpha value is -1.43. The maximum absolute atomic E-state index is 13.3. The molecule has 0 spiro atoms. The highest BCUT2D eigenvalue weighted by molar-refractivity contribution is 9.10. The van der Waals surface area contributed by atoms with Gasteiger partial charge in [0.25, 0.3) is 0 Å². The number of nitrogens with zero attached hydrogens (tertiary/aromatic N) is 2. The largest absolute Gasteiger partial charge is 0.490 e. The number of imidazole rings is 1. The lowest BCUT2D eigenvalue weighted by Gasteiger charge is -2.08. The van der Waals surface area contributed by atoms with Crippen molar-refractivity contribution >= 4 is 15.9 Å². The summed E-state index contributed by atoms with van der Waals surface area (Å²) in [5.74, 6) is -1.96. The SMILES string of the molecule is Fc1cc(Br)cc(OCCCn2ccnc2)c1F. The van der Waals surface area contributed by atoms with E-state index in [1.54, 1.807) is 12.5 Å². The Morgan fingerprint density at radius 1 is 1.33 bits per heavy atom. The second kappa shape index (κ2) is 5.95. The van der Waals surface area contributed by atoms with Gasteiger partial charge in [-0.25, -0.2) is 9.37 Å². The third-order valence-electron chi connectivity index (χ3n) is 2.34. The summed E-state index contributed by atoms with van der Waals surface area (Å²) in [5.41, 5.74) is 0. The van der Waals surface area contributed by atoms with Crippen LogP contribution >= 0.6 is 15.9 Å². The number of hydrogen-bond donors (Lipinski definition) is 0. The molecule has 0 fully saturated rings. The molecule has 3 nitrogen and oxygen atoms in total. The Labute approximate surface area is 112 Å². The second-order valence-electron chi connectivity index (χ2n) is 3.70. The molecule has 6 heteroatoms. The number of ether oxygens (including phenoxy) is 1. The number of rotatable bonds is 5. The predicted octanol–water partition coefficient (Wildman–Crippen LogP) is 3.39. The third-order valence-corrected chi connectivity index (χ3v) is 2.79. The van der Waals surface area contributed by atoms with E-state index in [0.29, 0.717) is 17.5 Å². The van der Waals surface area contributed by atoms with Crippen LogP contribution in [-0.2, 0) is 6.54 Å². The van der Waals surface area contributed by atoms with Crippen molar-refractivity contribution in [3.63, 3.8) is 0 Å². The highest BCUT2D eigenvalue weighted by Gasteiger charge is 2.10. The molecule has 1 aromatic heterocycles. The molecule has 0 bridgehead atoms. The van der Waals surface area contributed by atoms with E-state index in [1.807, 2.05) is 10.8 Å². The van der Waals surface area contributed by atoms with Crippen LogP contribution in [0.2, 0.25) is 0 Å². The topological polar surface area (TPSA) is 27.1 Å². The molecule has 0 N–H and O–H groups in total. The van der Waals surface area contributed by atoms with Crippen molar-refractivity contribution in [2.45, 2.75) is 13.0 Å². The van der Waals surface area contributed by atoms with Crippen LogP contribution in [0.1, 0.15) is 6.42 Å². The van der Waals surface area contributed by atoms with Gasteiger partial charge in [0.05, 0.1) is 12.9 Å². The summed E-state index contributed by atoms with van der Waals surface area (Å²) in [6, 6.07) is 2.48. The minimum Gasteiger partial charge on any atom is -0.490 e. The van der Waals surface area contributed by atoms with E-state index < -0.39 is 11.6 Å². The van der Waals surface area contributed by atoms with Crippen LogP contribution in [0.3, 0.4) is 0 Å². The Balaban J connectivity index is 1.86. The highest BCUT2D eigenvalue weighted by atomic mass is 79.9. The van der Waals surface area contributed by atoms with E-state index in [4.69, 9.17) is 4.74 Å². The van der Waals surface area contributed by atoms with Gasteiger partial charge in [0, 0.05) is 23.4 Å². The van der Waals surface area contributed by atoms with Gasteiger partial charge in [-0.1, -0.05) is 15.9 Å². The van der Waals surface area contributed by atoms with E-state index in [-0.39, 0.29) is 5.75 Å². The van der Waals surface area contributed by atoms with Gasteiger partial charge in [0.2, 0.25) is 5.82 Å². The van der Waals surface area contributed by atoms with Crippen LogP contribution in [0, 0.1) is 11.6 Å². The lowest BCUT2D eigenvalue weighted by Crippen LogP contribution is -2.04. The zero-order valence-electron chi connectivity index (χ0n) is 9.44. The molecule has 1 heterocycles. The van der Waals surface area contributed by atoms with Crippen molar-refractivity contribution in [2.24, 2.45) is 0 Å². The molecule has 0 saturated heterocycles. The van der Waals surface area contributed by atoms with E-state index in [0.717, 1.165) is 12.6 Å². The summed E-state index contributed by atoms with van der Waals surface area (Å²) >= 11 is 3.09. The summed E-state index contributed by atoms with van der Waals surface area (Å²) in [4.78, 5) is 3.90. The first-order valence-corrected chi connectivity index (χ1v) is 6.19. The number of aromatic nitrogens is 2.